The minimum atomic E-state index is -4.21. The lowest BCUT2D eigenvalue weighted by Gasteiger charge is -2.21. The number of anilines is 6. The smallest absolute Gasteiger partial charge is 0.266 e. The van der Waals surface area contributed by atoms with Crippen molar-refractivity contribution < 1.29 is 37.8 Å². The predicted octanol–water partition coefficient (Wildman–Crippen LogP) is 0.715. The lowest BCUT2D eigenvalue weighted by atomic mass is 10.3. The van der Waals surface area contributed by atoms with Gasteiger partial charge in [0.05, 0.1) is 24.7 Å². The van der Waals surface area contributed by atoms with Crippen molar-refractivity contribution in [3.05, 3.63) is 30.1 Å². The Balaban J connectivity index is 1.80. The SMILES string of the molecule is Cc1nc(N=CCSOOO)nc(Nc2cccc(Nc3nc(NCCS(=O)(=O)O)nc(N(CCO)CCO)n3)c2)n1. The van der Waals surface area contributed by atoms with Gasteiger partial charge in [0.2, 0.25) is 23.8 Å². The van der Waals surface area contributed by atoms with Gasteiger partial charge in [0, 0.05) is 49.3 Å². The van der Waals surface area contributed by atoms with Gasteiger partial charge in [-0.2, -0.15) is 38.3 Å². The van der Waals surface area contributed by atoms with Crippen LogP contribution in [0.1, 0.15) is 5.82 Å². The van der Waals surface area contributed by atoms with Crippen LogP contribution in [0, 0.1) is 6.92 Å². The predicted molar refractivity (Wildman–Crippen MR) is 154 cm³/mol. The normalized spacial score (nSPS) is 11.5. The fraction of sp³-hybridized carbons (Fsp3) is 0.381. The van der Waals surface area contributed by atoms with Crippen molar-refractivity contribution in [3.63, 3.8) is 0 Å². The Hall–Kier alpha value is -3.83. The highest BCUT2D eigenvalue weighted by Gasteiger charge is 2.15. The first-order valence-electron chi connectivity index (χ1n) is 12.1. The number of aliphatic hydroxyl groups excluding tert-OH is 2. The molecule has 0 aliphatic rings. The minimum absolute atomic E-state index is 0.00361. The average molecular weight is 628 g/mol. The summed E-state index contributed by atoms with van der Waals surface area (Å²) in [5.41, 5.74) is 1.14. The first-order chi connectivity index (χ1) is 20.2. The molecule has 0 unspecified atom stereocenters. The summed E-state index contributed by atoms with van der Waals surface area (Å²) >= 11 is 0.806. The highest BCUT2D eigenvalue weighted by Crippen LogP contribution is 2.23. The van der Waals surface area contributed by atoms with Crippen LogP contribution in [0.15, 0.2) is 29.3 Å². The molecule has 0 aliphatic heterocycles. The summed E-state index contributed by atoms with van der Waals surface area (Å²) in [5.74, 6) is 0.670. The van der Waals surface area contributed by atoms with E-state index in [0.29, 0.717) is 17.2 Å². The van der Waals surface area contributed by atoms with Gasteiger partial charge in [-0.15, -0.1) is 4.33 Å². The summed E-state index contributed by atoms with van der Waals surface area (Å²) in [4.78, 5) is 31.2. The molecule has 7 N–H and O–H groups in total. The monoisotopic (exact) mass is 627 g/mol. The molecule has 0 saturated heterocycles. The molecule has 0 fully saturated rings. The molecule has 3 rings (SSSR count). The lowest BCUT2D eigenvalue weighted by Crippen LogP contribution is -2.32. The molecule has 3 aromatic rings. The molecule has 0 radical (unpaired) electrons. The van der Waals surface area contributed by atoms with E-state index in [-0.39, 0.29) is 68.3 Å². The molecule has 0 amide bonds. The maximum Gasteiger partial charge on any atom is 0.266 e. The summed E-state index contributed by atoms with van der Waals surface area (Å²) < 4.78 is 35.5. The number of rotatable bonds is 18. The molecule has 0 aliphatic carbocycles. The van der Waals surface area contributed by atoms with Crippen LogP contribution in [0.5, 0.6) is 0 Å². The summed E-state index contributed by atoms with van der Waals surface area (Å²) in [6.45, 7) is 1.27. The largest absolute Gasteiger partial charge is 0.395 e. The van der Waals surface area contributed by atoms with Crippen molar-refractivity contribution in [2.75, 3.05) is 65.2 Å². The topological polar surface area (TPSA) is 263 Å². The average Bonchev–Trinajstić information content (AvgIpc) is 2.92. The zero-order valence-corrected chi connectivity index (χ0v) is 23.8. The number of nitrogens with one attached hydrogen (secondary N) is 3. The van der Waals surface area contributed by atoms with Crippen LogP contribution in [0.3, 0.4) is 0 Å². The third-order valence-corrected chi connectivity index (χ3v) is 5.99. The van der Waals surface area contributed by atoms with Gasteiger partial charge in [0.1, 0.15) is 5.82 Å². The summed E-state index contributed by atoms with van der Waals surface area (Å²) in [7, 11) is -4.21. The van der Waals surface area contributed by atoms with Crippen molar-refractivity contribution in [2.24, 2.45) is 4.99 Å². The second kappa shape index (κ2) is 16.6. The third kappa shape index (κ3) is 11.6. The van der Waals surface area contributed by atoms with Gasteiger partial charge in [0.25, 0.3) is 16.1 Å². The van der Waals surface area contributed by atoms with Gasteiger partial charge in [-0.1, -0.05) is 11.1 Å². The van der Waals surface area contributed by atoms with Crippen molar-refractivity contribution in [1.82, 2.24) is 29.9 Å². The van der Waals surface area contributed by atoms with E-state index in [4.69, 9.17) is 9.81 Å². The standard InChI is InChI=1S/C21H29N11O8S2/c1-14-24-17(22-5-11-41-40-39-35)28-19(25-14)26-15-3-2-4-16(13-15)27-20-29-18(23-6-12-42(36,37)38)30-21(31-20)32(7-9-33)8-10-34/h2-5,13,33-35H,6-12H2,1H3,(H,36,37,38)(H,24,25,26,28)(H2,23,27,29,30,31). The Morgan fingerprint density at radius 2 is 1.67 bits per heavy atom. The molecule has 0 saturated carbocycles. The number of aliphatic imine (C=N–C) groups is 1. The maximum atomic E-state index is 11.1. The Labute approximate surface area is 244 Å². The Morgan fingerprint density at radius 1 is 1.00 bits per heavy atom. The second-order valence-corrected chi connectivity index (χ2v) is 10.3. The molecule has 1 aromatic carbocycles. The van der Waals surface area contributed by atoms with Crippen LogP contribution in [0.25, 0.3) is 0 Å². The molecule has 2 aromatic heterocycles. The van der Waals surface area contributed by atoms with E-state index in [9.17, 15) is 18.6 Å². The van der Waals surface area contributed by atoms with Gasteiger partial charge in [0.15, 0.2) is 0 Å². The fourth-order valence-electron chi connectivity index (χ4n) is 3.20. The zero-order valence-electron chi connectivity index (χ0n) is 22.2. The van der Waals surface area contributed by atoms with E-state index in [0.717, 1.165) is 12.0 Å². The van der Waals surface area contributed by atoms with E-state index < -0.39 is 15.9 Å². The summed E-state index contributed by atoms with van der Waals surface area (Å²) in [6, 6.07) is 6.97. The zero-order chi connectivity index (χ0) is 30.4. The van der Waals surface area contributed by atoms with Crippen LogP contribution < -0.4 is 20.9 Å². The van der Waals surface area contributed by atoms with Crippen LogP contribution >= 0.6 is 12.0 Å². The maximum absolute atomic E-state index is 11.1. The molecule has 21 heteroatoms. The molecule has 2 heterocycles. The van der Waals surface area contributed by atoms with E-state index in [1.165, 1.54) is 11.1 Å². The molecular weight excluding hydrogens is 598 g/mol. The Kier molecular flexibility index (Phi) is 12.9. The van der Waals surface area contributed by atoms with Gasteiger partial charge in [-0.25, -0.2) is 10.2 Å². The number of aliphatic hydroxyl groups is 2. The number of hydrogen-bond acceptors (Lipinski definition) is 19. The second-order valence-electron chi connectivity index (χ2n) is 8.01. The quantitative estimate of drug-likeness (QED) is 0.0256. The molecular formula is C21H29N11O8S2. The third-order valence-electron chi connectivity index (χ3n) is 4.83. The number of aromatic nitrogens is 6. The van der Waals surface area contributed by atoms with Gasteiger partial charge >= 0.3 is 0 Å². The Morgan fingerprint density at radius 3 is 2.31 bits per heavy atom. The van der Waals surface area contributed by atoms with Crippen LogP contribution in [-0.4, -0.2) is 109 Å². The molecule has 0 atom stereocenters. The molecule has 0 spiro atoms. The summed E-state index contributed by atoms with van der Waals surface area (Å²) in [6.07, 6.45) is 1.46. The molecule has 19 nitrogen and oxygen atoms in total. The number of hydrogen-bond donors (Lipinski definition) is 7. The highest BCUT2D eigenvalue weighted by atomic mass is 32.2. The van der Waals surface area contributed by atoms with Crippen LogP contribution in [-0.2, 0) is 19.5 Å². The van der Waals surface area contributed by atoms with E-state index >= 15 is 0 Å². The van der Waals surface area contributed by atoms with E-state index in [1.807, 2.05) is 0 Å². The first kappa shape index (κ1) is 32.7. The van der Waals surface area contributed by atoms with Gasteiger partial charge < -0.3 is 31.1 Å². The fourth-order valence-corrected chi connectivity index (χ4v) is 3.79. The molecule has 228 valence electrons. The molecule has 42 heavy (non-hydrogen) atoms. The van der Waals surface area contributed by atoms with Gasteiger partial charge in [-0.05, 0) is 25.1 Å². The van der Waals surface area contributed by atoms with Gasteiger partial charge in [-0.3, -0.25) is 4.55 Å². The number of aryl methyl sites for hydroxylation is 1. The summed E-state index contributed by atoms with van der Waals surface area (Å²) in [5, 5.41) is 39.3. The van der Waals surface area contributed by atoms with Crippen LogP contribution in [0.2, 0.25) is 0 Å². The lowest BCUT2D eigenvalue weighted by molar-refractivity contribution is -0.432. The number of benzene rings is 1. The Bertz CT molecular complexity index is 1430. The number of nitrogens with zero attached hydrogens (tertiary/aromatic N) is 8. The van der Waals surface area contributed by atoms with Crippen molar-refractivity contribution in [2.45, 2.75) is 6.92 Å². The van der Waals surface area contributed by atoms with Crippen molar-refractivity contribution in [3.8, 4) is 0 Å². The first-order valence-corrected chi connectivity index (χ1v) is 14.6. The van der Waals surface area contributed by atoms with Crippen LogP contribution in [0.4, 0.5) is 41.1 Å². The van der Waals surface area contributed by atoms with Crippen molar-refractivity contribution >= 4 is 69.5 Å². The van der Waals surface area contributed by atoms with E-state index in [1.54, 1.807) is 31.2 Å². The minimum Gasteiger partial charge on any atom is -0.395 e. The molecule has 0 bridgehead atoms. The van der Waals surface area contributed by atoms with E-state index in [2.05, 4.69) is 60.2 Å². The van der Waals surface area contributed by atoms with Crippen molar-refractivity contribution in [1.29, 1.82) is 0 Å². The highest BCUT2D eigenvalue weighted by molar-refractivity contribution is 7.95.